The smallest absolute Gasteiger partial charge is 0.545 e. The van der Waals surface area contributed by atoms with Gasteiger partial charge in [0, 0.05) is 12.2 Å². The number of rotatable bonds is 4. The standard InChI is InChI=1S/C10H12O4.Na/c1-2-14-6-7-3-4-9(11)8(5-7)10(12)13;/h3-5,11H,2,6H2,1H3,(H,12,13);/q;+1/p-1. The van der Waals surface area contributed by atoms with Crippen LogP contribution in [-0.4, -0.2) is 17.7 Å². The van der Waals surface area contributed by atoms with Gasteiger partial charge in [-0.3, -0.25) is 0 Å². The summed E-state index contributed by atoms with van der Waals surface area (Å²) in [6.45, 7) is 2.73. The Morgan fingerprint density at radius 3 is 2.73 bits per heavy atom. The Bertz CT molecular complexity index is 338. The topological polar surface area (TPSA) is 69.6 Å². The first kappa shape index (κ1) is 14.5. The van der Waals surface area contributed by atoms with Crippen molar-refractivity contribution in [2.24, 2.45) is 0 Å². The monoisotopic (exact) mass is 218 g/mol. The molecule has 0 aliphatic rings. The van der Waals surface area contributed by atoms with Gasteiger partial charge < -0.3 is 19.7 Å². The van der Waals surface area contributed by atoms with Gasteiger partial charge in [-0.05, 0) is 24.6 Å². The Hall–Kier alpha value is -0.550. The minimum atomic E-state index is -1.39. The normalized spacial score (nSPS) is 9.40. The van der Waals surface area contributed by atoms with Crippen LogP contribution in [0.15, 0.2) is 18.2 Å². The number of hydrogen-bond donors (Lipinski definition) is 1. The molecule has 0 fully saturated rings. The van der Waals surface area contributed by atoms with Crippen LogP contribution in [-0.2, 0) is 11.3 Å². The van der Waals surface area contributed by atoms with Gasteiger partial charge in [0.05, 0.1) is 12.6 Å². The van der Waals surface area contributed by atoms with Crippen molar-refractivity contribution in [3.05, 3.63) is 29.3 Å². The van der Waals surface area contributed by atoms with E-state index in [0.29, 0.717) is 18.8 Å². The van der Waals surface area contributed by atoms with Crippen molar-refractivity contribution in [2.75, 3.05) is 6.61 Å². The molecule has 0 atom stereocenters. The number of aromatic carboxylic acids is 1. The molecule has 0 saturated carbocycles. The van der Waals surface area contributed by atoms with Crippen molar-refractivity contribution in [2.45, 2.75) is 13.5 Å². The SMILES string of the molecule is CCOCc1ccc(O)c(C(=O)[O-])c1.[Na+]. The first-order chi connectivity index (χ1) is 6.65. The van der Waals surface area contributed by atoms with Crippen molar-refractivity contribution in [1.82, 2.24) is 0 Å². The van der Waals surface area contributed by atoms with E-state index in [2.05, 4.69) is 0 Å². The summed E-state index contributed by atoms with van der Waals surface area (Å²) in [5.74, 6) is -1.67. The van der Waals surface area contributed by atoms with E-state index >= 15 is 0 Å². The van der Waals surface area contributed by atoms with Crippen LogP contribution in [0.25, 0.3) is 0 Å². The second-order valence-electron chi connectivity index (χ2n) is 2.78. The molecular weight excluding hydrogens is 207 g/mol. The van der Waals surface area contributed by atoms with E-state index in [4.69, 9.17) is 9.84 Å². The predicted octanol–water partition coefficient (Wildman–Crippen LogP) is -2.70. The van der Waals surface area contributed by atoms with E-state index in [0.717, 1.165) is 0 Å². The van der Waals surface area contributed by atoms with E-state index in [1.54, 1.807) is 6.07 Å². The van der Waals surface area contributed by atoms with Crippen LogP contribution in [0, 0.1) is 0 Å². The number of phenols is 1. The van der Waals surface area contributed by atoms with E-state index < -0.39 is 5.97 Å². The molecule has 1 aromatic carbocycles. The molecule has 4 nitrogen and oxygen atoms in total. The van der Waals surface area contributed by atoms with Crippen molar-refractivity contribution < 1.29 is 49.3 Å². The van der Waals surface area contributed by atoms with Gasteiger partial charge in [0.2, 0.25) is 0 Å². The first-order valence-electron chi connectivity index (χ1n) is 4.26. The summed E-state index contributed by atoms with van der Waals surface area (Å²) in [5.41, 5.74) is 0.492. The Morgan fingerprint density at radius 2 is 2.20 bits per heavy atom. The van der Waals surface area contributed by atoms with Gasteiger partial charge in [0.15, 0.2) is 0 Å². The van der Waals surface area contributed by atoms with Crippen LogP contribution in [0.2, 0.25) is 0 Å². The number of aromatic hydroxyl groups is 1. The van der Waals surface area contributed by atoms with E-state index in [-0.39, 0.29) is 40.9 Å². The van der Waals surface area contributed by atoms with Gasteiger partial charge in [0.25, 0.3) is 0 Å². The fourth-order valence-corrected chi connectivity index (χ4v) is 1.06. The average molecular weight is 218 g/mol. The van der Waals surface area contributed by atoms with Crippen LogP contribution >= 0.6 is 0 Å². The number of carboxylic acids is 1. The number of ether oxygens (including phenoxy) is 1. The molecule has 0 saturated heterocycles. The van der Waals surface area contributed by atoms with Crippen molar-refractivity contribution in [3.63, 3.8) is 0 Å². The van der Waals surface area contributed by atoms with Crippen LogP contribution in [0.4, 0.5) is 0 Å². The average Bonchev–Trinajstić information content (AvgIpc) is 2.16. The predicted molar refractivity (Wildman–Crippen MR) is 47.8 cm³/mol. The molecule has 0 spiro atoms. The summed E-state index contributed by atoms with van der Waals surface area (Å²) >= 11 is 0. The number of carbonyl (C=O) groups is 1. The van der Waals surface area contributed by atoms with Gasteiger partial charge in [-0.2, -0.15) is 0 Å². The molecular formula is C10H11NaO4. The van der Waals surface area contributed by atoms with Crippen LogP contribution < -0.4 is 34.7 Å². The molecule has 1 aromatic rings. The molecule has 0 aromatic heterocycles. The van der Waals surface area contributed by atoms with E-state index in [9.17, 15) is 9.90 Å². The molecule has 0 aliphatic carbocycles. The Morgan fingerprint density at radius 1 is 1.53 bits per heavy atom. The van der Waals surface area contributed by atoms with Crippen molar-refractivity contribution in [3.8, 4) is 5.75 Å². The zero-order valence-electron chi connectivity index (χ0n) is 8.82. The molecule has 0 aliphatic heterocycles. The fourth-order valence-electron chi connectivity index (χ4n) is 1.06. The van der Waals surface area contributed by atoms with Gasteiger partial charge in [-0.15, -0.1) is 0 Å². The molecule has 1 rings (SSSR count). The van der Waals surface area contributed by atoms with Gasteiger partial charge in [0.1, 0.15) is 5.75 Å². The number of carboxylic acid groups (broad SMARTS) is 1. The van der Waals surface area contributed by atoms with Crippen LogP contribution in [0.1, 0.15) is 22.8 Å². The van der Waals surface area contributed by atoms with Crippen LogP contribution in [0.5, 0.6) is 5.75 Å². The number of hydrogen-bond acceptors (Lipinski definition) is 4. The first-order valence-corrected chi connectivity index (χ1v) is 4.26. The maximum atomic E-state index is 10.5. The fraction of sp³-hybridized carbons (Fsp3) is 0.300. The van der Waals surface area contributed by atoms with Crippen molar-refractivity contribution >= 4 is 5.97 Å². The summed E-state index contributed by atoms with van der Waals surface area (Å²) in [5, 5.41) is 19.7. The second-order valence-corrected chi connectivity index (χ2v) is 2.78. The van der Waals surface area contributed by atoms with Gasteiger partial charge in [-0.25, -0.2) is 0 Å². The van der Waals surface area contributed by atoms with Crippen LogP contribution in [0.3, 0.4) is 0 Å². The molecule has 15 heavy (non-hydrogen) atoms. The minimum absolute atomic E-state index is 0. The Labute approximate surface area is 110 Å². The van der Waals surface area contributed by atoms with E-state index in [1.807, 2.05) is 6.92 Å². The molecule has 0 radical (unpaired) electrons. The third kappa shape index (κ3) is 4.22. The molecule has 0 heterocycles. The van der Waals surface area contributed by atoms with E-state index in [1.165, 1.54) is 12.1 Å². The van der Waals surface area contributed by atoms with Gasteiger partial charge in [-0.1, -0.05) is 6.07 Å². The molecule has 0 unspecified atom stereocenters. The maximum Gasteiger partial charge on any atom is 1.00 e. The quantitative estimate of drug-likeness (QED) is 0.558. The van der Waals surface area contributed by atoms with Gasteiger partial charge >= 0.3 is 29.6 Å². The summed E-state index contributed by atoms with van der Waals surface area (Å²) < 4.78 is 5.10. The molecule has 5 heteroatoms. The molecule has 0 amide bonds. The number of benzene rings is 1. The van der Waals surface area contributed by atoms with Crippen molar-refractivity contribution in [1.29, 1.82) is 0 Å². The molecule has 1 N–H and O–H groups in total. The summed E-state index contributed by atoms with van der Waals surface area (Å²) in [6, 6.07) is 4.28. The Kier molecular flexibility index (Phi) is 6.60. The summed E-state index contributed by atoms with van der Waals surface area (Å²) in [6.07, 6.45) is 0. The largest absolute Gasteiger partial charge is 1.00 e. The summed E-state index contributed by atoms with van der Waals surface area (Å²) in [4.78, 5) is 10.5. The Balaban J connectivity index is 0.00000196. The zero-order valence-corrected chi connectivity index (χ0v) is 10.8. The number of carbonyl (C=O) groups excluding carboxylic acids is 1. The maximum absolute atomic E-state index is 10.5. The second kappa shape index (κ2) is 6.85. The minimum Gasteiger partial charge on any atom is -0.545 e. The zero-order chi connectivity index (χ0) is 10.6. The third-order valence-corrected chi connectivity index (χ3v) is 1.75. The third-order valence-electron chi connectivity index (χ3n) is 1.75. The summed E-state index contributed by atoms with van der Waals surface area (Å²) in [7, 11) is 0. The molecule has 0 bridgehead atoms. The molecule has 76 valence electrons.